The molecule has 0 aliphatic carbocycles. The van der Waals surface area contributed by atoms with Crippen LogP contribution in [-0.2, 0) is 26.2 Å². The first-order valence-electron chi connectivity index (χ1n) is 12.7. The summed E-state index contributed by atoms with van der Waals surface area (Å²) < 4.78 is 29.0. The molecule has 0 aliphatic rings. The average molecular weight is 536 g/mol. The van der Waals surface area contributed by atoms with Gasteiger partial charge in [0.25, 0.3) is 10.0 Å². The molecular formula is C30H37N3O4S. The van der Waals surface area contributed by atoms with Crippen LogP contribution in [0.3, 0.4) is 0 Å². The van der Waals surface area contributed by atoms with Gasteiger partial charge in [0.05, 0.1) is 10.6 Å². The lowest BCUT2D eigenvalue weighted by Crippen LogP contribution is -2.51. The van der Waals surface area contributed by atoms with Crippen LogP contribution in [0, 0.1) is 27.7 Å². The Morgan fingerprint density at radius 1 is 0.868 bits per heavy atom. The van der Waals surface area contributed by atoms with Gasteiger partial charge in [0, 0.05) is 13.6 Å². The predicted molar refractivity (Wildman–Crippen MR) is 152 cm³/mol. The molecule has 202 valence electrons. The van der Waals surface area contributed by atoms with Gasteiger partial charge in [0.15, 0.2) is 0 Å². The van der Waals surface area contributed by atoms with Gasteiger partial charge < -0.3 is 10.2 Å². The van der Waals surface area contributed by atoms with Gasteiger partial charge in [-0.25, -0.2) is 8.42 Å². The number of aryl methyl sites for hydroxylation is 4. The van der Waals surface area contributed by atoms with Gasteiger partial charge in [-0.15, -0.1) is 0 Å². The number of carbonyl (C=O) groups is 2. The Hall–Kier alpha value is -3.65. The van der Waals surface area contributed by atoms with Gasteiger partial charge >= 0.3 is 0 Å². The van der Waals surface area contributed by atoms with E-state index in [9.17, 15) is 18.0 Å². The van der Waals surface area contributed by atoms with Crippen molar-refractivity contribution in [2.75, 3.05) is 17.9 Å². The molecule has 0 heterocycles. The second-order valence-electron chi connectivity index (χ2n) is 9.58. The molecule has 0 radical (unpaired) electrons. The minimum absolute atomic E-state index is 0.0953. The summed E-state index contributed by atoms with van der Waals surface area (Å²) >= 11 is 0. The number of benzene rings is 3. The second-order valence-corrected chi connectivity index (χ2v) is 11.4. The quantitative estimate of drug-likeness (QED) is 0.409. The molecule has 0 unspecified atom stereocenters. The molecule has 2 amide bonds. The summed E-state index contributed by atoms with van der Waals surface area (Å²) in [6, 6.07) is 18.8. The van der Waals surface area contributed by atoms with Crippen LogP contribution in [-0.4, -0.2) is 44.8 Å². The molecule has 0 saturated heterocycles. The first-order valence-corrected chi connectivity index (χ1v) is 14.2. The van der Waals surface area contributed by atoms with Gasteiger partial charge in [0.1, 0.15) is 12.6 Å². The van der Waals surface area contributed by atoms with E-state index < -0.39 is 28.5 Å². The number of anilines is 1. The Morgan fingerprint density at radius 2 is 1.53 bits per heavy atom. The molecular weight excluding hydrogens is 498 g/mol. The Kier molecular flexibility index (Phi) is 9.33. The Labute approximate surface area is 226 Å². The maximum absolute atomic E-state index is 14.0. The minimum Gasteiger partial charge on any atom is -0.357 e. The van der Waals surface area contributed by atoms with E-state index in [4.69, 9.17) is 0 Å². The Morgan fingerprint density at radius 3 is 2.11 bits per heavy atom. The fourth-order valence-corrected chi connectivity index (χ4v) is 5.71. The molecule has 7 nitrogen and oxygen atoms in total. The molecule has 1 atom stereocenters. The molecule has 8 heteroatoms. The maximum Gasteiger partial charge on any atom is 0.264 e. The van der Waals surface area contributed by atoms with Gasteiger partial charge in [-0.2, -0.15) is 0 Å². The molecule has 0 fully saturated rings. The van der Waals surface area contributed by atoms with E-state index >= 15 is 0 Å². The predicted octanol–water partition coefficient (Wildman–Crippen LogP) is 4.67. The molecule has 3 aromatic rings. The minimum atomic E-state index is -4.08. The van der Waals surface area contributed by atoms with Crippen LogP contribution in [0.5, 0.6) is 0 Å². The molecule has 0 saturated carbocycles. The summed E-state index contributed by atoms with van der Waals surface area (Å²) in [5.74, 6) is -0.758. The summed E-state index contributed by atoms with van der Waals surface area (Å²) in [5, 5.41) is 2.65. The summed E-state index contributed by atoms with van der Waals surface area (Å²) in [7, 11) is -2.55. The maximum atomic E-state index is 14.0. The van der Waals surface area contributed by atoms with E-state index in [1.807, 2.05) is 65.0 Å². The zero-order chi connectivity index (χ0) is 28.0. The largest absolute Gasteiger partial charge is 0.357 e. The first kappa shape index (κ1) is 28.9. The third-order valence-corrected chi connectivity index (χ3v) is 8.69. The Bertz CT molecular complexity index is 1400. The van der Waals surface area contributed by atoms with E-state index in [1.54, 1.807) is 36.4 Å². The Balaban J connectivity index is 2.10. The molecule has 3 rings (SSSR count). The standard InChI is InChI=1S/C30H37N3O4S/c1-7-28(30(35)31-6)32(19-25-11-9-8-10-23(25)4)29(34)20-33(26-15-14-22(3)24(5)18-26)38(36,37)27-16-12-21(2)13-17-27/h8-18,28H,7,19-20H2,1-6H3,(H,31,35)/t28-/m0/s1. The molecule has 0 spiro atoms. The third kappa shape index (κ3) is 6.42. The second kappa shape index (κ2) is 12.3. The van der Waals surface area contributed by atoms with Crippen molar-refractivity contribution in [3.8, 4) is 0 Å². The fourth-order valence-electron chi connectivity index (χ4n) is 4.30. The van der Waals surface area contributed by atoms with Crippen LogP contribution in [0.25, 0.3) is 0 Å². The highest BCUT2D eigenvalue weighted by atomic mass is 32.2. The normalized spacial score (nSPS) is 12.1. The number of carbonyl (C=O) groups excluding carboxylic acids is 2. The molecule has 1 N–H and O–H groups in total. The zero-order valence-electron chi connectivity index (χ0n) is 23.0. The van der Waals surface area contributed by atoms with Crippen LogP contribution in [0.4, 0.5) is 5.69 Å². The van der Waals surface area contributed by atoms with Gasteiger partial charge in [0.2, 0.25) is 11.8 Å². The molecule has 0 aromatic heterocycles. The SMILES string of the molecule is CC[C@@H](C(=O)NC)N(Cc1ccccc1C)C(=O)CN(c1ccc(C)c(C)c1)S(=O)(=O)c1ccc(C)cc1. The number of amides is 2. The van der Waals surface area contributed by atoms with Crippen molar-refractivity contribution in [1.82, 2.24) is 10.2 Å². The van der Waals surface area contributed by atoms with E-state index in [0.29, 0.717) is 12.1 Å². The van der Waals surface area contributed by atoms with Crippen molar-refractivity contribution in [2.45, 2.75) is 58.5 Å². The van der Waals surface area contributed by atoms with Gasteiger partial charge in [-0.05, 0) is 80.6 Å². The molecule has 38 heavy (non-hydrogen) atoms. The van der Waals surface area contributed by atoms with E-state index in [1.165, 1.54) is 11.9 Å². The van der Waals surface area contributed by atoms with Crippen molar-refractivity contribution in [3.05, 3.63) is 94.5 Å². The van der Waals surface area contributed by atoms with Crippen LogP contribution < -0.4 is 9.62 Å². The molecule has 0 bridgehead atoms. The number of nitrogens with one attached hydrogen (secondary N) is 1. The number of nitrogens with zero attached hydrogens (tertiary/aromatic N) is 2. The third-order valence-electron chi connectivity index (χ3n) is 6.90. The smallest absolute Gasteiger partial charge is 0.264 e. The lowest BCUT2D eigenvalue weighted by molar-refractivity contribution is -0.140. The lowest BCUT2D eigenvalue weighted by atomic mass is 10.1. The van der Waals surface area contributed by atoms with Crippen molar-refractivity contribution in [3.63, 3.8) is 0 Å². The topological polar surface area (TPSA) is 86.8 Å². The summed E-state index contributed by atoms with van der Waals surface area (Å²) in [6.07, 6.45) is 0.381. The van der Waals surface area contributed by atoms with Crippen molar-refractivity contribution >= 4 is 27.5 Å². The average Bonchev–Trinajstić information content (AvgIpc) is 2.89. The molecule has 0 aliphatic heterocycles. The highest BCUT2D eigenvalue weighted by molar-refractivity contribution is 7.92. The van der Waals surface area contributed by atoms with Crippen molar-refractivity contribution < 1.29 is 18.0 Å². The number of rotatable bonds is 10. The lowest BCUT2D eigenvalue weighted by Gasteiger charge is -2.33. The first-order chi connectivity index (χ1) is 18.0. The van der Waals surface area contributed by atoms with E-state index in [2.05, 4.69) is 5.32 Å². The zero-order valence-corrected chi connectivity index (χ0v) is 23.8. The van der Waals surface area contributed by atoms with Crippen LogP contribution >= 0.6 is 0 Å². The van der Waals surface area contributed by atoms with E-state index in [-0.39, 0.29) is 17.3 Å². The van der Waals surface area contributed by atoms with E-state index in [0.717, 1.165) is 32.1 Å². The summed E-state index contributed by atoms with van der Waals surface area (Å²) in [6.45, 7) is 9.25. The van der Waals surface area contributed by atoms with Gasteiger partial charge in [-0.1, -0.05) is 55.0 Å². The number of sulfonamides is 1. The van der Waals surface area contributed by atoms with Crippen molar-refractivity contribution in [1.29, 1.82) is 0 Å². The summed E-state index contributed by atoms with van der Waals surface area (Å²) in [4.78, 5) is 28.4. The number of hydrogen-bond donors (Lipinski definition) is 1. The highest BCUT2D eigenvalue weighted by Gasteiger charge is 2.33. The van der Waals surface area contributed by atoms with Gasteiger partial charge in [-0.3, -0.25) is 13.9 Å². The van der Waals surface area contributed by atoms with Crippen LogP contribution in [0.2, 0.25) is 0 Å². The molecule has 3 aromatic carbocycles. The van der Waals surface area contributed by atoms with Crippen LogP contribution in [0.1, 0.15) is 41.2 Å². The van der Waals surface area contributed by atoms with Crippen LogP contribution in [0.15, 0.2) is 71.6 Å². The van der Waals surface area contributed by atoms with Crippen molar-refractivity contribution in [2.24, 2.45) is 0 Å². The number of hydrogen-bond acceptors (Lipinski definition) is 4. The summed E-state index contributed by atoms with van der Waals surface area (Å²) in [5.41, 5.74) is 5.12. The highest BCUT2D eigenvalue weighted by Crippen LogP contribution is 2.27. The monoisotopic (exact) mass is 535 g/mol. The fraction of sp³-hybridized carbons (Fsp3) is 0.333. The number of likely N-dealkylation sites (N-methyl/N-ethyl adjacent to an activating group) is 1.